The molecule has 4 aromatic rings. The highest BCUT2D eigenvalue weighted by Crippen LogP contribution is 2.52. The van der Waals surface area contributed by atoms with Gasteiger partial charge < -0.3 is 16.2 Å². The van der Waals surface area contributed by atoms with Gasteiger partial charge in [-0.2, -0.15) is 10.2 Å². The number of nitrogen functional groups attached to an aromatic ring is 1. The van der Waals surface area contributed by atoms with E-state index in [0.717, 1.165) is 27.9 Å². The Balaban J connectivity index is 1.73. The van der Waals surface area contributed by atoms with Crippen molar-refractivity contribution in [2.45, 2.75) is 44.8 Å². The van der Waals surface area contributed by atoms with E-state index in [1.54, 1.807) is 16.9 Å². The molecule has 1 amide bonds. The first-order chi connectivity index (χ1) is 17.3. The fourth-order valence-corrected chi connectivity index (χ4v) is 5.62. The molecule has 184 valence electrons. The molecule has 1 aliphatic carbocycles. The summed E-state index contributed by atoms with van der Waals surface area (Å²) in [4.78, 5) is 16.9. The second kappa shape index (κ2) is 7.91. The van der Waals surface area contributed by atoms with Crippen LogP contribution in [-0.4, -0.2) is 30.5 Å². The van der Waals surface area contributed by atoms with Gasteiger partial charge in [-0.05, 0) is 44.5 Å². The Bertz CT molecular complexity index is 1540. The number of benzene rings is 1. The third-order valence-corrected chi connectivity index (χ3v) is 7.21. The van der Waals surface area contributed by atoms with Crippen LogP contribution in [0.15, 0.2) is 36.7 Å². The minimum absolute atomic E-state index is 0.203. The van der Waals surface area contributed by atoms with E-state index in [9.17, 15) is 9.18 Å². The van der Waals surface area contributed by atoms with Gasteiger partial charge in [0.25, 0.3) is 0 Å². The molecule has 2 aliphatic rings. The number of ether oxygens (including phenoxy) is 1. The molecule has 0 unspecified atom stereocenters. The molecule has 4 heterocycles. The fraction of sp³-hybridized carbons (Fsp3) is 0.308. The van der Waals surface area contributed by atoms with Gasteiger partial charge in [0.2, 0.25) is 5.91 Å². The maximum atomic E-state index is 14.5. The summed E-state index contributed by atoms with van der Waals surface area (Å²) in [5.41, 5.74) is 18.3. The Morgan fingerprint density at radius 1 is 1.25 bits per heavy atom. The van der Waals surface area contributed by atoms with E-state index in [-0.39, 0.29) is 17.6 Å². The highest BCUT2D eigenvalue weighted by Gasteiger charge is 2.43. The maximum Gasteiger partial charge on any atom is 0.226 e. The Morgan fingerprint density at radius 3 is 2.81 bits per heavy atom. The number of pyridine rings is 1. The van der Waals surface area contributed by atoms with Gasteiger partial charge in [0.15, 0.2) is 11.6 Å². The van der Waals surface area contributed by atoms with Crippen LogP contribution in [0.2, 0.25) is 0 Å². The van der Waals surface area contributed by atoms with Crippen molar-refractivity contribution in [2.75, 3.05) is 5.73 Å². The van der Waals surface area contributed by atoms with Crippen LogP contribution in [0.5, 0.6) is 5.75 Å². The van der Waals surface area contributed by atoms with E-state index < -0.39 is 17.9 Å². The minimum atomic E-state index is -0.544. The number of halogens is 1. The summed E-state index contributed by atoms with van der Waals surface area (Å²) in [6, 6.07) is 6.43. The molecular formula is C26H26FN7O2. The molecule has 36 heavy (non-hydrogen) atoms. The number of nitrogens with zero attached hydrogens (tertiary/aromatic N) is 5. The quantitative estimate of drug-likeness (QED) is 0.444. The number of rotatable bonds is 2. The molecule has 0 spiro atoms. The lowest BCUT2D eigenvalue weighted by atomic mass is 9.87. The first-order valence-corrected chi connectivity index (χ1v) is 11.9. The highest BCUT2D eigenvalue weighted by molar-refractivity contribution is 5.86. The average Bonchev–Trinajstić information content (AvgIpc) is 3.51. The van der Waals surface area contributed by atoms with Crippen LogP contribution in [-0.2, 0) is 18.4 Å². The van der Waals surface area contributed by atoms with Crippen molar-refractivity contribution in [3.63, 3.8) is 0 Å². The summed E-state index contributed by atoms with van der Waals surface area (Å²) >= 11 is 0. The molecule has 1 aliphatic heterocycles. The van der Waals surface area contributed by atoms with Gasteiger partial charge in [0.05, 0.1) is 23.0 Å². The van der Waals surface area contributed by atoms with Crippen LogP contribution >= 0.6 is 0 Å². The monoisotopic (exact) mass is 487 g/mol. The number of carbonyl (C=O) groups excluding carboxylic acids is 1. The maximum absolute atomic E-state index is 14.5. The van der Waals surface area contributed by atoms with Crippen molar-refractivity contribution in [3.05, 3.63) is 64.9 Å². The van der Waals surface area contributed by atoms with Gasteiger partial charge in [-0.1, -0.05) is 0 Å². The zero-order valence-corrected chi connectivity index (χ0v) is 20.2. The molecule has 9 nitrogen and oxygen atoms in total. The number of nitrogens with two attached hydrogens (primary N) is 2. The third kappa shape index (κ3) is 3.20. The number of aromatic nitrogens is 5. The Kier molecular flexibility index (Phi) is 4.89. The van der Waals surface area contributed by atoms with E-state index in [1.807, 2.05) is 37.8 Å². The van der Waals surface area contributed by atoms with Gasteiger partial charge >= 0.3 is 0 Å². The van der Waals surface area contributed by atoms with Crippen molar-refractivity contribution < 1.29 is 13.9 Å². The summed E-state index contributed by atoms with van der Waals surface area (Å²) in [6.07, 6.45) is 3.57. The second-order valence-electron chi connectivity index (χ2n) is 9.41. The molecule has 3 aromatic heterocycles. The first kappa shape index (κ1) is 22.3. The van der Waals surface area contributed by atoms with Crippen LogP contribution in [0.4, 0.5) is 10.2 Å². The second-order valence-corrected chi connectivity index (χ2v) is 9.41. The molecule has 3 atom stereocenters. The lowest BCUT2D eigenvalue weighted by Crippen LogP contribution is -2.20. The lowest BCUT2D eigenvalue weighted by molar-refractivity contribution is -0.119. The molecule has 1 aromatic carbocycles. The normalized spacial score (nSPS) is 19.9. The standard InChI is InChI=1S/C26H26FN7O2/c1-4-34-24-13-7-20(25(28)30-10-13)36-12(2)16-8-14(27)5-6-15(16)22-19(11-33(3)31-22)17-9-18(26(29)35)23(32-34)21(17)24/h5-8,10-12,17-18H,4,9H2,1-3H3,(H2,28,30)(H2,29,35)/t12-,17-,18+/m1/s1. The predicted molar refractivity (Wildman–Crippen MR) is 132 cm³/mol. The summed E-state index contributed by atoms with van der Waals surface area (Å²) in [7, 11) is 1.85. The minimum Gasteiger partial charge on any atom is -0.482 e. The van der Waals surface area contributed by atoms with E-state index >= 15 is 0 Å². The van der Waals surface area contributed by atoms with Crippen molar-refractivity contribution in [3.8, 4) is 28.3 Å². The molecule has 2 bridgehead atoms. The number of primary amides is 1. The highest BCUT2D eigenvalue weighted by atomic mass is 19.1. The predicted octanol–water partition coefficient (Wildman–Crippen LogP) is 3.64. The molecule has 0 saturated carbocycles. The average molecular weight is 488 g/mol. The number of amides is 1. The van der Waals surface area contributed by atoms with Gasteiger partial charge in [0.1, 0.15) is 11.9 Å². The number of hydrogen-bond acceptors (Lipinski definition) is 6. The molecule has 10 heteroatoms. The first-order valence-electron chi connectivity index (χ1n) is 11.9. The third-order valence-electron chi connectivity index (χ3n) is 7.21. The van der Waals surface area contributed by atoms with Gasteiger partial charge in [-0.25, -0.2) is 9.37 Å². The molecule has 6 rings (SSSR count). The van der Waals surface area contributed by atoms with E-state index in [4.69, 9.17) is 26.4 Å². The van der Waals surface area contributed by atoms with Crippen LogP contribution in [0.1, 0.15) is 60.6 Å². The van der Waals surface area contributed by atoms with Gasteiger partial charge in [-0.15, -0.1) is 0 Å². The molecule has 4 N–H and O–H groups in total. The van der Waals surface area contributed by atoms with E-state index in [1.165, 1.54) is 12.1 Å². The van der Waals surface area contributed by atoms with Crippen molar-refractivity contribution >= 4 is 11.7 Å². The Morgan fingerprint density at radius 2 is 2.06 bits per heavy atom. The van der Waals surface area contributed by atoms with Crippen molar-refractivity contribution in [1.82, 2.24) is 24.5 Å². The summed E-state index contributed by atoms with van der Waals surface area (Å²) in [5, 5.41) is 9.61. The number of fused-ring (bicyclic) bond motifs is 7. The zero-order valence-electron chi connectivity index (χ0n) is 20.2. The number of aryl methyl sites for hydroxylation is 2. The number of carbonyl (C=O) groups is 1. The Labute approximate surface area is 206 Å². The molecule has 0 radical (unpaired) electrons. The molecule has 0 saturated heterocycles. The number of hydrogen-bond donors (Lipinski definition) is 2. The summed E-state index contributed by atoms with van der Waals surface area (Å²) in [6.45, 7) is 4.42. The fourth-order valence-electron chi connectivity index (χ4n) is 5.62. The van der Waals surface area contributed by atoms with Crippen LogP contribution in [0.25, 0.3) is 22.5 Å². The van der Waals surface area contributed by atoms with Crippen LogP contribution in [0.3, 0.4) is 0 Å². The smallest absolute Gasteiger partial charge is 0.226 e. The van der Waals surface area contributed by atoms with Crippen molar-refractivity contribution in [1.29, 1.82) is 0 Å². The SMILES string of the molecule is CCn1nc2c3c1-c1cnc(N)c(c1)O[C@H](C)c1cc(F)ccc1-c1nn(C)cc1[C@H]3C[C@@H]2C(N)=O. The van der Waals surface area contributed by atoms with E-state index in [0.29, 0.717) is 35.7 Å². The lowest BCUT2D eigenvalue weighted by Gasteiger charge is -2.22. The Hall–Kier alpha value is -4.21. The van der Waals surface area contributed by atoms with Crippen molar-refractivity contribution in [2.24, 2.45) is 12.8 Å². The van der Waals surface area contributed by atoms with Gasteiger partial charge in [0, 0.05) is 59.7 Å². The summed E-state index contributed by atoms with van der Waals surface area (Å²) < 4.78 is 24.3. The van der Waals surface area contributed by atoms with Crippen LogP contribution < -0.4 is 16.2 Å². The topological polar surface area (TPSA) is 127 Å². The largest absolute Gasteiger partial charge is 0.482 e. The van der Waals surface area contributed by atoms with Gasteiger partial charge in [-0.3, -0.25) is 14.2 Å². The molecule has 0 fully saturated rings. The summed E-state index contributed by atoms with van der Waals surface area (Å²) in [5.74, 6) is -0.932. The molecular weight excluding hydrogens is 461 g/mol. The van der Waals surface area contributed by atoms with Crippen LogP contribution in [0, 0.1) is 5.82 Å². The number of anilines is 1. The zero-order chi connectivity index (χ0) is 25.3. The van der Waals surface area contributed by atoms with E-state index in [2.05, 4.69) is 4.98 Å².